The highest BCUT2D eigenvalue weighted by molar-refractivity contribution is 5.59. The fourth-order valence-corrected chi connectivity index (χ4v) is 2.85. The first-order chi connectivity index (χ1) is 7.69. The molecule has 86 valence electrons. The molecule has 1 fully saturated rings. The fourth-order valence-electron chi connectivity index (χ4n) is 2.85. The van der Waals surface area contributed by atoms with Crippen molar-refractivity contribution >= 4 is 5.69 Å². The number of anilines is 1. The van der Waals surface area contributed by atoms with Gasteiger partial charge in [-0.2, -0.15) is 0 Å². The topological polar surface area (TPSA) is 41.5 Å². The molecule has 0 radical (unpaired) electrons. The van der Waals surface area contributed by atoms with E-state index in [1.165, 1.54) is 0 Å². The van der Waals surface area contributed by atoms with Gasteiger partial charge in [0.15, 0.2) is 0 Å². The Balaban J connectivity index is 1.99. The van der Waals surface area contributed by atoms with Crippen molar-refractivity contribution in [2.75, 3.05) is 5.32 Å². The predicted octanol–water partition coefficient (Wildman–Crippen LogP) is 2.16. The Morgan fingerprint density at radius 3 is 3.12 bits per heavy atom. The number of rotatable bonds is 0. The second-order valence-electron chi connectivity index (χ2n) is 4.99. The van der Waals surface area contributed by atoms with Crippen molar-refractivity contribution in [2.45, 2.75) is 43.9 Å². The molecular formula is C13H17NO2. The number of aliphatic hydroxyl groups excluding tert-OH is 1. The highest BCUT2D eigenvalue weighted by Gasteiger charge is 2.46. The molecule has 0 saturated heterocycles. The van der Waals surface area contributed by atoms with Gasteiger partial charge in [-0.25, -0.2) is 0 Å². The van der Waals surface area contributed by atoms with Crippen LogP contribution in [0.1, 0.15) is 26.2 Å². The Morgan fingerprint density at radius 2 is 2.25 bits per heavy atom. The van der Waals surface area contributed by atoms with Crippen LogP contribution < -0.4 is 10.1 Å². The molecule has 3 rings (SSSR count). The van der Waals surface area contributed by atoms with Crippen LogP contribution in [0.5, 0.6) is 5.75 Å². The Bertz CT molecular complexity index is 407. The van der Waals surface area contributed by atoms with Gasteiger partial charge in [-0.05, 0) is 38.3 Å². The molecule has 1 aliphatic carbocycles. The average Bonchev–Trinajstić information content (AvgIpc) is 2.27. The van der Waals surface area contributed by atoms with Crippen LogP contribution in [0.25, 0.3) is 0 Å². The molecule has 3 heteroatoms. The van der Waals surface area contributed by atoms with Gasteiger partial charge in [0.2, 0.25) is 0 Å². The van der Waals surface area contributed by atoms with Gasteiger partial charge in [0.05, 0.1) is 17.8 Å². The maximum absolute atomic E-state index is 10.1. The van der Waals surface area contributed by atoms with Gasteiger partial charge in [0.25, 0.3) is 0 Å². The number of hydrogen-bond acceptors (Lipinski definition) is 3. The Morgan fingerprint density at radius 1 is 1.44 bits per heavy atom. The van der Waals surface area contributed by atoms with Crippen LogP contribution in [0.15, 0.2) is 24.3 Å². The third kappa shape index (κ3) is 1.39. The van der Waals surface area contributed by atoms with E-state index in [0.717, 1.165) is 30.7 Å². The summed E-state index contributed by atoms with van der Waals surface area (Å²) in [6, 6.07) is 7.94. The molecule has 2 N–H and O–H groups in total. The highest BCUT2D eigenvalue weighted by atomic mass is 16.5. The van der Waals surface area contributed by atoms with Gasteiger partial charge >= 0.3 is 0 Å². The lowest BCUT2D eigenvalue weighted by Crippen LogP contribution is -2.59. The van der Waals surface area contributed by atoms with Gasteiger partial charge in [-0.3, -0.25) is 0 Å². The van der Waals surface area contributed by atoms with Crippen molar-refractivity contribution in [2.24, 2.45) is 0 Å². The van der Waals surface area contributed by atoms with Crippen LogP contribution in [0.2, 0.25) is 0 Å². The van der Waals surface area contributed by atoms with E-state index in [-0.39, 0.29) is 17.7 Å². The van der Waals surface area contributed by atoms with Crippen molar-refractivity contribution in [3.05, 3.63) is 24.3 Å². The molecule has 1 aliphatic heterocycles. The monoisotopic (exact) mass is 219 g/mol. The van der Waals surface area contributed by atoms with Gasteiger partial charge in [-0.15, -0.1) is 0 Å². The van der Waals surface area contributed by atoms with Crippen molar-refractivity contribution in [1.82, 2.24) is 0 Å². The van der Waals surface area contributed by atoms with Crippen molar-refractivity contribution in [3.8, 4) is 5.75 Å². The molecular weight excluding hydrogens is 202 g/mol. The summed E-state index contributed by atoms with van der Waals surface area (Å²) in [6.45, 7) is 2.09. The molecule has 1 aromatic carbocycles. The molecule has 2 aliphatic rings. The van der Waals surface area contributed by atoms with Gasteiger partial charge in [-0.1, -0.05) is 12.1 Å². The lowest BCUT2D eigenvalue weighted by molar-refractivity contribution is -0.0330. The van der Waals surface area contributed by atoms with Crippen LogP contribution >= 0.6 is 0 Å². The van der Waals surface area contributed by atoms with Crippen LogP contribution in [0.4, 0.5) is 5.69 Å². The smallest absolute Gasteiger partial charge is 0.143 e. The van der Waals surface area contributed by atoms with E-state index in [4.69, 9.17) is 4.74 Å². The summed E-state index contributed by atoms with van der Waals surface area (Å²) >= 11 is 0. The number of fused-ring (bicyclic) bond motifs is 2. The number of hydrogen-bond donors (Lipinski definition) is 2. The fraction of sp³-hybridized carbons (Fsp3) is 0.538. The zero-order chi connectivity index (χ0) is 11.2. The molecule has 0 bridgehead atoms. The minimum Gasteiger partial charge on any atom is -0.483 e. The molecule has 16 heavy (non-hydrogen) atoms. The van der Waals surface area contributed by atoms with Crippen LogP contribution in [0.3, 0.4) is 0 Å². The van der Waals surface area contributed by atoms with Gasteiger partial charge < -0.3 is 15.2 Å². The van der Waals surface area contributed by atoms with E-state index in [1.54, 1.807) is 0 Å². The number of ether oxygens (including phenoxy) is 1. The molecule has 3 atom stereocenters. The normalized spacial score (nSPS) is 36.6. The standard InChI is InChI=1S/C13H17NO2/c1-13-8-4-6-10(15)12(13)14-9-5-2-3-7-11(9)16-13/h2-3,5,7,10,12,14-15H,4,6,8H2,1H3/t10-,12-,13+/m0/s1. The third-order valence-electron chi connectivity index (χ3n) is 3.76. The number of aliphatic hydroxyl groups is 1. The molecule has 0 spiro atoms. The lowest BCUT2D eigenvalue weighted by Gasteiger charge is -2.48. The summed E-state index contributed by atoms with van der Waals surface area (Å²) in [6.07, 6.45) is 2.57. The van der Waals surface area contributed by atoms with E-state index >= 15 is 0 Å². The number of para-hydroxylation sites is 2. The predicted molar refractivity (Wildman–Crippen MR) is 62.7 cm³/mol. The maximum atomic E-state index is 10.1. The summed E-state index contributed by atoms with van der Waals surface area (Å²) in [5, 5.41) is 13.5. The molecule has 1 heterocycles. The molecule has 3 nitrogen and oxygen atoms in total. The van der Waals surface area contributed by atoms with Crippen molar-refractivity contribution < 1.29 is 9.84 Å². The second kappa shape index (κ2) is 3.39. The lowest BCUT2D eigenvalue weighted by atomic mass is 9.78. The quantitative estimate of drug-likeness (QED) is 0.702. The minimum absolute atomic E-state index is 0.0103. The van der Waals surface area contributed by atoms with Gasteiger partial charge in [0, 0.05) is 0 Å². The largest absolute Gasteiger partial charge is 0.483 e. The van der Waals surface area contributed by atoms with Crippen LogP contribution in [0, 0.1) is 0 Å². The maximum Gasteiger partial charge on any atom is 0.143 e. The summed E-state index contributed by atoms with van der Waals surface area (Å²) in [5.74, 6) is 0.898. The summed E-state index contributed by atoms with van der Waals surface area (Å²) in [7, 11) is 0. The third-order valence-corrected chi connectivity index (χ3v) is 3.76. The van der Waals surface area contributed by atoms with Crippen LogP contribution in [-0.2, 0) is 0 Å². The first-order valence-electron chi connectivity index (χ1n) is 5.92. The molecule has 1 aromatic rings. The SMILES string of the molecule is C[C@@]12CCC[C@H](O)[C@@H]1Nc1ccccc1O2. The molecule has 0 aromatic heterocycles. The zero-order valence-corrected chi connectivity index (χ0v) is 9.44. The number of nitrogens with one attached hydrogen (secondary N) is 1. The summed E-state index contributed by atoms with van der Waals surface area (Å²) in [5.41, 5.74) is 0.720. The average molecular weight is 219 g/mol. The first-order valence-corrected chi connectivity index (χ1v) is 5.92. The Hall–Kier alpha value is -1.22. The molecule has 0 unspecified atom stereocenters. The Kier molecular flexibility index (Phi) is 2.11. The van der Waals surface area contributed by atoms with Crippen molar-refractivity contribution in [1.29, 1.82) is 0 Å². The van der Waals surface area contributed by atoms with E-state index in [1.807, 2.05) is 24.3 Å². The Labute approximate surface area is 95.4 Å². The summed E-state index contributed by atoms with van der Waals surface area (Å²) in [4.78, 5) is 0. The van der Waals surface area contributed by atoms with E-state index in [9.17, 15) is 5.11 Å². The summed E-state index contributed by atoms with van der Waals surface area (Å²) < 4.78 is 6.07. The molecule has 1 saturated carbocycles. The first kappa shape index (κ1) is 9.97. The van der Waals surface area contributed by atoms with Crippen molar-refractivity contribution in [3.63, 3.8) is 0 Å². The highest BCUT2D eigenvalue weighted by Crippen LogP contribution is 2.42. The second-order valence-corrected chi connectivity index (χ2v) is 4.99. The van der Waals surface area contributed by atoms with E-state index in [0.29, 0.717) is 0 Å². The molecule has 0 amide bonds. The van der Waals surface area contributed by atoms with E-state index in [2.05, 4.69) is 12.2 Å². The van der Waals surface area contributed by atoms with Gasteiger partial charge in [0.1, 0.15) is 11.4 Å². The zero-order valence-electron chi connectivity index (χ0n) is 9.44. The van der Waals surface area contributed by atoms with E-state index < -0.39 is 0 Å². The van der Waals surface area contributed by atoms with Crippen LogP contribution in [-0.4, -0.2) is 22.9 Å². The minimum atomic E-state index is -0.313. The number of benzene rings is 1.